The van der Waals surface area contributed by atoms with Crippen LogP contribution in [0.1, 0.15) is 22.3 Å². The average molecular weight is 235 g/mol. The zero-order valence-corrected chi connectivity index (χ0v) is 9.98. The summed E-state index contributed by atoms with van der Waals surface area (Å²) in [6, 6.07) is 4.96. The smallest absolute Gasteiger partial charge is 0.253 e. The van der Waals surface area contributed by atoms with E-state index in [4.69, 9.17) is 4.74 Å². The van der Waals surface area contributed by atoms with Gasteiger partial charge in [0.15, 0.2) is 0 Å². The number of rotatable bonds is 1. The number of ether oxygens (including phenoxy) is 1. The summed E-state index contributed by atoms with van der Waals surface area (Å²) in [7, 11) is 0. The van der Waals surface area contributed by atoms with E-state index in [9.17, 15) is 9.90 Å². The van der Waals surface area contributed by atoms with Crippen LogP contribution in [0.15, 0.2) is 18.2 Å². The summed E-state index contributed by atoms with van der Waals surface area (Å²) in [5.41, 5.74) is 1.35. The van der Waals surface area contributed by atoms with Gasteiger partial charge in [0.25, 0.3) is 5.91 Å². The molecular weight excluding hydrogens is 218 g/mol. The van der Waals surface area contributed by atoms with E-state index in [1.807, 2.05) is 0 Å². The summed E-state index contributed by atoms with van der Waals surface area (Å²) in [6.45, 7) is 4.48. The molecule has 0 unspecified atom stereocenters. The maximum Gasteiger partial charge on any atom is 0.253 e. The van der Waals surface area contributed by atoms with Crippen molar-refractivity contribution in [2.75, 3.05) is 26.3 Å². The number of amides is 1. The van der Waals surface area contributed by atoms with Crippen LogP contribution >= 0.6 is 0 Å². The second-order valence-electron chi connectivity index (χ2n) is 4.26. The van der Waals surface area contributed by atoms with Gasteiger partial charge in [0.05, 0.1) is 6.61 Å². The van der Waals surface area contributed by atoms with Crippen molar-refractivity contribution in [3.05, 3.63) is 29.3 Å². The lowest BCUT2D eigenvalue weighted by atomic mass is 10.1. The molecule has 0 aliphatic carbocycles. The summed E-state index contributed by atoms with van der Waals surface area (Å²) < 4.78 is 5.32. The van der Waals surface area contributed by atoms with Crippen LogP contribution in [0.4, 0.5) is 0 Å². The Balaban J connectivity index is 2.14. The van der Waals surface area contributed by atoms with Gasteiger partial charge < -0.3 is 14.7 Å². The van der Waals surface area contributed by atoms with E-state index in [-0.39, 0.29) is 11.7 Å². The molecule has 4 heteroatoms. The second kappa shape index (κ2) is 5.19. The third-order valence-electron chi connectivity index (χ3n) is 2.95. The van der Waals surface area contributed by atoms with E-state index < -0.39 is 0 Å². The van der Waals surface area contributed by atoms with Crippen molar-refractivity contribution in [2.24, 2.45) is 0 Å². The van der Waals surface area contributed by atoms with E-state index in [0.29, 0.717) is 18.7 Å². The Kier molecular flexibility index (Phi) is 3.64. The fourth-order valence-corrected chi connectivity index (χ4v) is 1.92. The quantitative estimate of drug-likeness (QED) is 0.803. The lowest BCUT2D eigenvalue weighted by Crippen LogP contribution is -2.33. The fraction of sp³-hybridized carbons (Fsp3) is 0.462. The van der Waals surface area contributed by atoms with Gasteiger partial charge in [0.1, 0.15) is 5.75 Å². The fourth-order valence-electron chi connectivity index (χ4n) is 1.92. The molecule has 17 heavy (non-hydrogen) atoms. The SMILES string of the molecule is Cc1cc(C(=O)N2CCCOCC2)ccc1O. The van der Waals surface area contributed by atoms with E-state index in [1.165, 1.54) is 0 Å². The zero-order chi connectivity index (χ0) is 12.3. The first-order valence-electron chi connectivity index (χ1n) is 5.85. The van der Waals surface area contributed by atoms with E-state index >= 15 is 0 Å². The summed E-state index contributed by atoms with van der Waals surface area (Å²) in [5, 5.41) is 9.44. The predicted molar refractivity (Wildman–Crippen MR) is 64.2 cm³/mol. The lowest BCUT2D eigenvalue weighted by molar-refractivity contribution is 0.0741. The van der Waals surface area contributed by atoms with Crippen molar-refractivity contribution in [2.45, 2.75) is 13.3 Å². The van der Waals surface area contributed by atoms with Gasteiger partial charge in [0, 0.05) is 25.3 Å². The number of carbonyl (C=O) groups is 1. The number of hydrogen-bond donors (Lipinski definition) is 1. The molecule has 4 nitrogen and oxygen atoms in total. The van der Waals surface area contributed by atoms with Crippen LogP contribution in [0, 0.1) is 6.92 Å². The van der Waals surface area contributed by atoms with Gasteiger partial charge in [-0.05, 0) is 37.1 Å². The number of phenols is 1. The number of hydrogen-bond acceptors (Lipinski definition) is 3. The van der Waals surface area contributed by atoms with Crippen LogP contribution in [-0.4, -0.2) is 42.2 Å². The molecule has 1 N–H and O–H groups in total. The number of benzene rings is 1. The van der Waals surface area contributed by atoms with Gasteiger partial charge in [-0.1, -0.05) is 0 Å². The Bertz CT molecular complexity index is 409. The molecule has 0 aromatic heterocycles. The highest BCUT2D eigenvalue weighted by molar-refractivity contribution is 5.94. The lowest BCUT2D eigenvalue weighted by Gasteiger charge is -2.19. The first-order valence-corrected chi connectivity index (χ1v) is 5.85. The highest BCUT2D eigenvalue weighted by atomic mass is 16.5. The number of nitrogens with zero attached hydrogens (tertiary/aromatic N) is 1. The average Bonchev–Trinajstić information content (AvgIpc) is 2.60. The molecule has 0 radical (unpaired) electrons. The summed E-state index contributed by atoms with van der Waals surface area (Å²) in [4.78, 5) is 14.0. The van der Waals surface area contributed by atoms with Crippen LogP contribution in [0.25, 0.3) is 0 Å². The Hall–Kier alpha value is -1.55. The topological polar surface area (TPSA) is 49.8 Å². The highest BCUT2D eigenvalue weighted by Gasteiger charge is 2.17. The molecule has 1 aromatic rings. The van der Waals surface area contributed by atoms with E-state index in [0.717, 1.165) is 25.1 Å². The van der Waals surface area contributed by atoms with Crippen LogP contribution in [0.5, 0.6) is 5.75 Å². The van der Waals surface area contributed by atoms with Crippen LogP contribution in [-0.2, 0) is 4.74 Å². The van der Waals surface area contributed by atoms with Gasteiger partial charge in [0.2, 0.25) is 0 Å². The monoisotopic (exact) mass is 235 g/mol. The molecule has 1 amide bonds. The molecule has 1 aliphatic heterocycles. The number of carbonyl (C=O) groups excluding carboxylic acids is 1. The van der Waals surface area contributed by atoms with Gasteiger partial charge in [-0.2, -0.15) is 0 Å². The van der Waals surface area contributed by atoms with Gasteiger partial charge in [-0.15, -0.1) is 0 Å². The maximum absolute atomic E-state index is 12.2. The van der Waals surface area contributed by atoms with Gasteiger partial charge >= 0.3 is 0 Å². The van der Waals surface area contributed by atoms with E-state index in [2.05, 4.69) is 0 Å². The van der Waals surface area contributed by atoms with Crippen molar-refractivity contribution in [1.29, 1.82) is 0 Å². The van der Waals surface area contributed by atoms with Crippen molar-refractivity contribution in [3.63, 3.8) is 0 Å². The van der Waals surface area contributed by atoms with Crippen LogP contribution in [0.3, 0.4) is 0 Å². The standard InChI is InChI=1S/C13H17NO3/c1-10-9-11(3-4-12(10)15)13(16)14-5-2-7-17-8-6-14/h3-4,9,15H,2,5-8H2,1H3. The Morgan fingerprint density at radius 2 is 2.18 bits per heavy atom. The molecule has 2 rings (SSSR count). The molecule has 0 spiro atoms. The van der Waals surface area contributed by atoms with Crippen molar-refractivity contribution < 1.29 is 14.6 Å². The minimum atomic E-state index is 0.0126. The van der Waals surface area contributed by atoms with Crippen molar-refractivity contribution >= 4 is 5.91 Å². The van der Waals surface area contributed by atoms with Gasteiger partial charge in [-0.3, -0.25) is 4.79 Å². The molecule has 0 saturated carbocycles. The maximum atomic E-state index is 12.2. The molecular formula is C13H17NO3. The third kappa shape index (κ3) is 2.77. The number of phenolic OH excluding ortho intramolecular Hbond substituents is 1. The first-order chi connectivity index (χ1) is 8.18. The molecule has 1 aliphatic rings. The number of aromatic hydroxyl groups is 1. The summed E-state index contributed by atoms with van der Waals surface area (Å²) in [5.74, 6) is 0.236. The van der Waals surface area contributed by atoms with Crippen molar-refractivity contribution in [1.82, 2.24) is 4.90 Å². The first kappa shape index (κ1) is 11.9. The Morgan fingerprint density at radius 3 is 2.94 bits per heavy atom. The van der Waals surface area contributed by atoms with Crippen LogP contribution < -0.4 is 0 Å². The molecule has 0 bridgehead atoms. The molecule has 0 atom stereocenters. The predicted octanol–water partition coefficient (Wildman–Crippen LogP) is 1.56. The highest BCUT2D eigenvalue weighted by Crippen LogP contribution is 2.18. The Morgan fingerprint density at radius 1 is 1.35 bits per heavy atom. The Labute approximate surface area is 101 Å². The third-order valence-corrected chi connectivity index (χ3v) is 2.95. The molecule has 92 valence electrons. The minimum absolute atomic E-state index is 0.0126. The summed E-state index contributed by atoms with van der Waals surface area (Å²) in [6.07, 6.45) is 0.878. The molecule has 1 fully saturated rings. The van der Waals surface area contributed by atoms with Crippen LogP contribution in [0.2, 0.25) is 0 Å². The second-order valence-corrected chi connectivity index (χ2v) is 4.26. The number of aryl methyl sites for hydroxylation is 1. The van der Waals surface area contributed by atoms with E-state index in [1.54, 1.807) is 30.0 Å². The minimum Gasteiger partial charge on any atom is -0.508 e. The summed E-state index contributed by atoms with van der Waals surface area (Å²) >= 11 is 0. The zero-order valence-electron chi connectivity index (χ0n) is 9.98. The molecule has 1 heterocycles. The van der Waals surface area contributed by atoms with Crippen molar-refractivity contribution in [3.8, 4) is 5.75 Å². The molecule has 1 aromatic carbocycles. The molecule has 1 saturated heterocycles. The largest absolute Gasteiger partial charge is 0.508 e. The normalized spacial score (nSPS) is 16.6. The van der Waals surface area contributed by atoms with Gasteiger partial charge in [-0.25, -0.2) is 0 Å².